The van der Waals surface area contributed by atoms with E-state index in [9.17, 15) is 4.79 Å². The van der Waals surface area contributed by atoms with E-state index in [-0.39, 0.29) is 18.1 Å². The number of amides is 1. The fraction of sp³-hybridized carbons (Fsp3) is 0.542. The Kier molecular flexibility index (Phi) is 5.42. The molecular formula is C24H30N4O2. The van der Waals surface area contributed by atoms with Crippen LogP contribution in [0.1, 0.15) is 53.9 Å². The van der Waals surface area contributed by atoms with Crippen molar-refractivity contribution in [2.24, 2.45) is 0 Å². The third-order valence-electron chi connectivity index (χ3n) is 6.67. The average molecular weight is 407 g/mol. The number of nitrogens with zero attached hydrogens (tertiary/aromatic N) is 3. The lowest BCUT2D eigenvalue weighted by molar-refractivity contribution is -0.135. The molecule has 2 aromatic rings. The second kappa shape index (κ2) is 8.34. The van der Waals surface area contributed by atoms with Crippen molar-refractivity contribution in [2.75, 3.05) is 18.0 Å². The van der Waals surface area contributed by atoms with Crippen molar-refractivity contribution in [3.63, 3.8) is 0 Å². The monoisotopic (exact) mass is 406 g/mol. The van der Waals surface area contributed by atoms with E-state index in [4.69, 9.17) is 9.72 Å². The van der Waals surface area contributed by atoms with Gasteiger partial charge in [-0.2, -0.15) is 0 Å². The number of anilines is 1. The van der Waals surface area contributed by atoms with Crippen molar-refractivity contribution in [3.05, 3.63) is 52.5 Å². The summed E-state index contributed by atoms with van der Waals surface area (Å²) in [5.41, 5.74) is 5.01. The Labute approximate surface area is 178 Å². The van der Waals surface area contributed by atoms with Crippen LogP contribution in [0.5, 0.6) is 0 Å². The molecule has 5 rings (SSSR count). The Morgan fingerprint density at radius 2 is 1.87 bits per heavy atom. The van der Waals surface area contributed by atoms with Gasteiger partial charge in [-0.15, -0.1) is 0 Å². The van der Waals surface area contributed by atoms with Gasteiger partial charge in [-0.1, -0.05) is 24.3 Å². The summed E-state index contributed by atoms with van der Waals surface area (Å²) in [6.07, 6.45) is 6.76. The molecule has 6 nitrogen and oxygen atoms in total. The molecule has 1 fully saturated rings. The molecule has 1 aromatic heterocycles. The minimum atomic E-state index is -0.380. The highest BCUT2D eigenvalue weighted by molar-refractivity contribution is 5.81. The molecule has 0 bridgehead atoms. The lowest BCUT2D eigenvalue weighted by Gasteiger charge is -2.36. The fourth-order valence-corrected chi connectivity index (χ4v) is 5.00. The second-order valence-electron chi connectivity index (χ2n) is 8.77. The molecule has 1 saturated heterocycles. The summed E-state index contributed by atoms with van der Waals surface area (Å²) < 4.78 is 5.83. The molecule has 0 radical (unpaired) electrons. The normalized spacial score (nSPS) is 21.6. The van der Waals surface area contributed by atoms with Crippen LogP contribution in [0.15, 0.2) is 24.3 Å². The third kappa shape index (κ3) is 3.93. The highest BCUT2D eigenvalue weighted by atomic mass is 16.5. The third-order valence-corrected chi connectivity index (χ3v) is 6.67. The van der Waals surface area contributed by atoms with Crippen molar-refractivity contribution in [2.45, 2.75) is 70.6 Å². The molecule has 3 aliphatic rings. The van der Waals surface area contributed by atoms with E-state index in [1.807, 2.05) is 19.1 Å². The summed E-state index contributed by atoms with van der Waals surface area (Å²) in [5.74, 6) is 2.03. The first kappa shape index (κ1) is 19.5. The zero-order valence-electron chi connectivity index (χ0n) is 17.7. The number of carbonyl (C=O) groups excluding carboxylic acids is 1. The number of ether oxygens (including phenoxy) is 1. The maximum Gasteiger partial charge on any atom is 0.249 e. The zero-order chi connectivity index (χ0) is 20.5. The summed E-state index contributed by atoms with van der Waals surface area (Å²) in [7, 11) is 0. The molecule has 1 amide bonds. The summed E-state index contributed by atoms with van der Waals surface area (Å²) in [5, 5.41) is 3.24. The number of aromatic nitrogens is 2. The Balaban J connectivity index is 1.19. The number of rotatable bonds is 3. The standard InChI is InChI=1S/C24H30N4O2/c1-16-25-21-9-5-4-8-20(21)23(26-16)28-12-10-19(11-13-28)27-24(29)22-14-17-6-2-3-7-18(17)15-30-22/h2-3,6-7,19,22H,4-5,8-15H2,1H3,(H,27,29). The van der Waals surface area contributed by atoms with Crippen LogP contribution in [0, 0.1) is 6.92 Å². The van der Waals surface area contributed by atoms with Gasteiger partial charge in [-0.05, 0) is 56.6 Å². The average Bonchev–Trinajstić information content (AvgIpc) is 2.78. The van der Waals surface area contributed by atoms with Gasteiger partial charge in [0, 0.05) is 36.8 Å². The molecule has 0 spiro atoms. The maximum atomic E-state index is 12.8. The van der Waals surface area contributed by atoms with E-state index in [0.29, 0.717) is 13.0 Å². The molecule has 158 valence electrons. The van der Waals surface area contributed by atoms with E-state index in [0.717, 1.165) is 50.4 Å². The molecule has 0 saturated carbocycles. The number of hydrogen-bond donors (Lipinski definition) is 1. The predicted molar refractivity (Wildman–Crippen MR) is 116 cm³/mol. The second-order valence-corrected chi connectivity index (χ2v) is 8.77. The summed E-state index contributed by atoms with van der Waals surface area (Å²) in [6, 6.07) is 8.43. The highest BCUT2D eigenvalue weighted by Crippen LogP contribution is 2.30. The number of benzene rings is 1. The lowest BCUT2D eigenvalue weighted by atomic mass is 9.95. The molecule has 6 heteroatoms. The van der Waals surface area contributed by atoms with Crippen molar-refractivity contribution < 1.29 is 9.53 Å². The lowest BCUT2D eigenvalue weighted by Crippen LogP contribution is -2.49. The quantitative estimate of drug-likeness (QED) is 0.849. The number of aryl methyl sites for hydroxylation is 2. The minimum absolute atomic E-state index is 0.0261. The van der Waals surface area contributed by atoms with Crippen LogP contribution in [0.25, 0.3) is 0 Å². The van der Waals surface area contributed by atoms with Crippen LogP contribution in [-0.4, -0.2) is 41.1 Å². The summed E-state index contributed by atoms with van der Waals surface area (Å²) in [4.78, 5) is 24.7. The van der Waals surface area contributed by atoms with Crippen LogP contribution in [0.4, 0.5) is 5.82 Å². The van der Waals surface area contributed by atoms with Gasteiger partial charge in [0.2, 0.25) is 5.91 Å². The molecule has 1 N–H and O–H groups in total. The number of fused-ring (bicyclic) bond motifs is 2. The van der Waals surface area contributed by atoms with Crippen LogP contribution in [0.3, 0.4) is 0 Å². The molecular weight excluding hydrogens is 376 g/mol. The van der Waals surface area contributed by atoms with E-state index in [1.165, 1.54) is 35.2 Å². The van der Waals surface area contributed by atoms with Crippen LogP contribution < -0.4 is 10.2 Å². The summed E-state index contributed by atoms with van der Waals surface area (Å²) in [6.45, 7) is 4.35. The van der Waals surface area contributed by atoms with Crippen molar-refractivity contribution >= 4 is 11.7 Å². The molecule has 2 aliphatic heterocycles. The molecule has 3 heterocycles. The maximum absolute atomic E-state index is 12.8. The van der Waals surface area contributed by atoms with Gasteiger partial charge in [-0.3, -0.25) is 4.79 Å². The van der Waals surface area contributed by atoms with Gasteiger partial charge in [-0.25, -0.2) is 9.97 Å². The Bertz CT molecular complexity index is 937. The Morgan fingerprint density at radius 3 is 2.70 bits per heavy atom. The summed E-state index contributed by atoms with van der Waals surface area (Å²) >= 11 is 0. The van der Waals surface area contributed by atoms with Crippen LogP contribution in [-0.2, 0) is 35.4 Å². The van der Waals surface area contributed by atoms with Crippen LogP contribution >= 0.6 is 0 Å². The number of hydrogen-bond acceptors (Lipinski definition) is 5. The van der Waals surface area contributed by atoms with Gasteiger partial charge < -0.3 is 15.0 Å². The first-order valence-corrected chi connectivity index (χ1v) is 11.3. The van der Waals surface area contributed by atoms with E-state index in [2.05, 4.69) is 27.3 Å². The Morgan fingerprint density at radius 1 is 1.10 bits per heavy atom. The van der Waals surface area contributed by atoms with Gasteiger partial charge in [0.05, 0.1) is 6.61 Å². The van der Waals surface area contributed by atoms with Gasteiger partial charge >= 0.3 is 0 Å². The first-order chi connectivity index (χ1) is 14.7. The zero-order valence-corrected chi connectivity index (χ0v) is 17.7. The topological polar surface area (TPSA) is 67.4 Å². The van der Waals surface area contributed by atoms with Crippen molar-refractivity contribution in [1.82, 2.24) is 15.3 Å². The van der Waals surface area contributed by atoms with Gasteiger partial charge in [0.15, 0.2) is 0 Å². The van der Waals surface area contributed by atoms with Gasteiger partial charge in [0.1, 0.15) is 17.7 Å². The minimum Gasteiger partial charge on any atom is -0.363 e. The molecule has 1 aliphatic carbocycles. The van der Waals surface area contributed by atoms with E-state index < -0.39 is 0 Å². The largest absolute Gasteiger partial charge is 0.363 e. The first-order valence-electron chi connectivity index (χ1n) is 11.3. The van der Waals surface area contributed by atoms with E-state index in [1.54, 1.807) is 0 Å². The molecule has 1 unspecified atom stereocenters. The Hall–Kier alpha value is -2.47. The smallest absolute Gasteiger partial charge is 0.249 e. The van der Waals surface area contributed by atoms with Crippen LogP contribution in [0.2, 0.25) is 0 Å². The predicted octanol–water partition coefficient (Wildman–Crippen LogP) is 2.89. The van der Waals surface area contributed by atoms with E-state index >= 15 is 0 Å². The van der Waals surface area contributed by atoms with Crippen molar-refractivity contribution in [3.8, 4) is 0 Å². The number of piperidine rings is 1. The number of nitrogens with one attached hydrogen (secondary N) is 1. The fourth-order valence-electron chi connectivity index (χ4n) is 5.00. The molecule has 1 atom stereocenters. The highest BCUT2D eigenvalue weighted by Gasteiger charge is 2.30. The number of carbonyl (C=O) groups is 1. The van der Waals surface area contributed by atoms with Crippen molar-refractivity contribution in [1.29, 1.82) is 0 Å². The molecule has 1 aromatic carbocycles. The van der Waals surface area contributed by atoms with Gasteiger partial charge in [0.25, 0.3) is 0 Å². The molecule has 30 heavy (non-hydrogen) atoms. The SMILES string of the molecule is Cc1nc2c(c(N3CCC(NC(=O)C4Cc5ccccc5CO4)CC3)n1)CCCC2.